The number of benzene rings is 2. The molecule has 0 atom stereocenters. The summed E-state index contributed by atoms with van der Waals surface area (Å²) in [6.07, 6.45) is 0.876. The van der Waals surface area contributed by atoms with Gasteiger partial charge in [0.25, 0.3) is 5.91 Å². The van der Waals surface area contributed by atoms with Crippen LogP contribution < -0.4 is 5.32 Å². The van der Waals surface area contributed by atoms with Crippen LogP contribution in [-0.4, -0.2) is 38.9 Å². The number of amides is 1. The van der Waals surface area contributed by atoms with Crippen LogP contribution in [0.1, 0.15) is 46.7 Å². The van der Waals surface area contributed by atoms with Crippen LogP contribution in [0.5, 0.6) is 0 Å². The van der Waals surface area contributed by atoms with Gasteiger partial charge in [-0.15, -0.1) is 5.10 Å². The van der Waals surface area contributed by atoms with Gasteiger partial charge in [0.1, 0.15) is 5.82 Å². The Morgan fingerprint density at radius 3 is 2.71 bits per heavy atom. The third kappa shape index (κ3) is 4.66. The molecular weight excluding hydrogens is 393 g/mol. The van der Waals surface area contributed by atoms with Crippen molar-refractivity contribution < 1.29 is 9.18 Å². The van der Waals surface area contributed by atoms with E-state index in [1.54, 1.807) is 4.68 Å². The second kappa shape index (κ2) is 8.98. The highest BCUT2D eigenvalue weighted by Crippen LogP contribution is 2.27. The fourth-order valence-corrected chi connectivity index (χ4v) is 3.98. The van der Waals surface area contributed by atoms with E-state index in [1.807, 2.05) is 31.2 Å². The van der Waals surface area contributed by atoms with Gasteiger partial charge in [-0.25, -0.2) is 9.07 Å². The Bertz CT molecular complexity index is 1070. The number of halogens is 1. The number of rotatable bonds is 6. The van der Waals surface area contributed by atoms with Gasteiger partial charge in [0.05, 0.1) is 11.4 Å². The molecule has 6 nitrogen and oxygen atoms in total. The second-order valence-corrected chi connectivity index (χ2v) is 8.54. The molecule has 1 aliphatic rings. The molecule has 0 saturated heterocycles. The molecule has 1 N–H and O–H groups in total. The van der Waals surface area contributed by atoms with Crippen molar-refractivity contribution in [1.82, 2.24) is 25.2 Å². The first-order valence-corrected chi connectivity index (χ1v) is 10.7. The third-order valence-corrected chi connectivity index (χ3v) is 5.65. The normalized spacial score (nSPS) is 14.0. The number of nitrogens with zero attached hydrogens (tertiary/aromatic N) is 4. The van der Waals surface area contributed by atoms with E-state index >= 15 is 0 Å². The van der Waals surface area contributed by atoms with Crippen LogP contribution >= 0.6 is 0 Å². The Morgan fingerprint density at radius 1 is 1.19 bits per heavy atom. The van der Waals surface area contributed by atoms with Gasteiger partial charge in [-0.1, -0.05) is 43.3 Å². The summed E-state index contributed by atoms with van der Waals surface area (Å²) < 4.78 is 15.0. The molecule has 162 valence electrons. The number of hydrogen-bond donors (Lipinski definition) is 1. The topological polar surface area (TPSA) is 63.1 Å². The summed E-state index contributed by atoms with van der Waals surface area (Å²) in [5.41, 5.74) is 5.67. The van der Waals surface area contributed by atoms with Crippen LogP contribution in [0, 0.1) is 18.7 Å². The van der Waals surface area contributed by atoms with Crippen LogP contribution in [0.25, 0.3) is 5.69 Å². The van der Waals surface area contributed by atoms with Gasteiger partial charge in [0.2, 0.25) is 0 Å². The maximum absolute atomic E-state index is 13.2. The first-order valence-electron chi connectivity index (χ1n) is 10.7. The molecule has 2 aromatic carbocycles. The van der Waals surface area contributed by atoms with E-state index in [2.05, 4.69) is 40.4 Å². The molecule has 0 radical (unpaired) electrons. The smallest absolute Gasteiger partial charge is 0.273 e. The summed E-state index contributed by atoms with van der Waals surface area (Å²) >= 11 is 0. The summed E-state index contributed by atoms with van der Waals surface area (Å²) in [4.78, 5) is 14.8. The van der Waals surface area contributed by atoms with Gasteiger partial charge in [-0.3, -0.25) is 9.69 Å². The number of carbonyl (C=O) groups is 1. The molecular formula is C24H28FN5O. The molecule has 7 heteroatoms. The molecule has 1 aliphatic heterocycles. The van der Waals surface area contributed by atoms with Gasteiger partial charge in [-0.2, -0.15) is 0 Å². The van der Waals surface area contributed by atoms with E-state index in [-0.39, 0.29) is 11.7 Å². The molecule has 1 amide bonds. The van der Waals surface area contributed by atoms with Crippen LogP contribution in [0.2, 0.25) is 0 Å². The molecule has 31 heavy (non-hydrogen) atoms. The van der Waals surface area contributed by atoms with Crippen LogP contribution in [0.3, 0.4) is 0 Å². The monoisotopic (exact) mass is 421 g/mol. The zero-order valence-electron chi connectivity index (χ0n) is 18.2. The Kier molecular flexibility index (Phi) is 6.13. The van der Waals surface area contributed by atoms with Gasteiger partial charge < -0.3 is 5.32 Å². The van der Waals surface area contributed by atoms with E-state index in [4.69, 9.17) is 0 Å². The summed E-state index contributed by atoms with van der Waals surface area (Å²) in [6, 6.07) is 12.9. The summed E-state index contributed by atoms with van der Waals surface area (Å²) in [5, 5.41) is 11.4. The van der Waals surface area contributed by atoms with Crippen LogP contribution in [0.4, 0.5) is 4.39 Å². The van der Waals surface area contributed by atoms with E-state index in [0.717, 1.165) is 43.0 Å². The van der Waals surface area contributed by atoms with Gasteiger partial charge in [0, 0.05) is 26.2 Å². The highest BCUT2D eigenvalue weighted by Gasteiger charge is 2.23. The highest BCUT2D eigenvalue weighted by molar-refractivity contribution is 5.93. The number of carbonyl (C=O) groups excluding carboxylic acids is 1. The second-order valence-electron chi connectivity index (χ2n) is 8.54. The fraction of sp³-hybridized carbons (Fsp3) is 0.375. The molecule has 0 unspecified atom stereocenters. The SMILES string of the molecule is Cc1c(C(=O)NCC(C)C)nnn1-c1cccc2c1CCN(Cc1ccc(F)cc1)C2. The zero-order valence-corrected chi connectivity index (χ0v) is 18.2. The maximum Gasteiger partial charge on any atom is 0.273 e. The van der Waals surface area contributed by atoms with Crippen LogP contribution in [-0.2, 0) is 19.5 Å². The summed E-state index contributed by atoms with van der Waals surface area (Å²) in [7, 11) is 0. The lowest BCUT2D eigenvalue weighted by Gasteiger charge is -2.30. The van der Waals surface area contributed by atoms with E-state index in [9.17, 15) is 9.18 Å². The van der Waals surface area contributed by atoms with Crippen molar-refractivity contribution in [2.24, 2.45) is 5.92 Å². The Labute approximate surface area is 182 Å². The number of fused-ring (bicyclic) bond motifs is 1. The predicted octanol–water partition coefficient (Wildman–Crippen LogP) is 3.66. The molecule has 0 spiro atoms. The zero-order chi connectivity index (χ0) is 22.0. The quantitative estimate of drug-likeness (QED) is 0.660. The van der Waals surface area contributed by atoms with Gasteiger partial charge >= 0.3 is 0 Å². The maximum atomic E-state index is 13.2. The summed E-state index contributed by atoms with van der Waals surface area (Å²) in [6.45, 7) is 9.10. The lowest BCUT2D eigenvalue weighted by molar-refractivity contribution is 0.0943. The molecule has 3 aromatic rings. The number of aromatic nitrogens is 3. The van der Waals surface area contributed by atoms with Crippen molar-refractivity contribution in [2.45, 2.75) is 40.3 Å². The average molecular weight is 422 g/mol. The molecule has 1 aromatic heterocycles. The lowest BCUT2D eigenvalue weighted by atomic mass is 9.97. The summed E-state index contributed by atoms with van der Waals surface area (Å²) in [5.74, 6) is -0.0242. The first-order chi connectivity index (χ1) is 14.9. The number of nitrogens with one attached hydrogen (secondary N) is 1. The van der Waals surface area contributed by atoms with Crippen molar-refractivity contribution in [3.63, 3.8) is 0 Å². The predicted molar refractivity (Wildman–Crippen MR) is 117 cm³/mol. The van der Waals surface area contributed by atoms with Gasteiger partial charge in [-0.05, 0) is 54.2 Å². The Balaban J connectivity index is 1.54. The minimum Gasteiger partial charge on any atom is -0.350 e. The largest absolute Gasteiger partial charge is 0.350 e. The minimum absolute atomic E-state index is 0.187. The lowest BCUT2D eigenvalue weighted by Crippen LogP contribution is -2.31. The average Bonchev–Trinajstić information content (AvgIpc) is 3.14. The van der Waals surface area contributed by atoms with E-state index in [0.29, 0.717) is 18.2 Å². The highest BCUT2D eigenvalue weighted by atomic mass is 19.1. The molecule has 0 saturated carbocycles. The third-order valence-electron chi connectivity index (χ3n) is 5.65. The van der Waals surface area contributed by atoms with E-state index < -0.39 is 0 Å². The van der Waals surface area contributed by atoms with Gasteiger partial charge in [0.15, 0.2) is 5.69 Å². The fourth-order valence-electron chi connectivity index (χ4n) is 3.98. The standard InChI is InChI=1S/C24H28FN5O/c1-16(2)13-26-24(31)23-17(3)30(28-27-23)22-6-4-5-19-15-29(12-11-21(19)22)14-18-7-9-20(25)10-8-18/h4-10,16H,11-15H2,1-3H3,(H,26,31). The van der Waals surface area contributed by atoms with Crippen molar-refractivity contribution in [3.8, 4) is 5.69 Å². The molecule has 0 bridgehead atoms. The molecule has 0 aliphatic carbocycles. The Morgan fingerprint density at radius 2 is 1.97 bits per heavy atom. The number of hydrogen-bond acceptors (Lipinski definition) is 4. The van der Waals surface area contributed by atoms with Crippen molar-refractivity contribution >= 4 is 5.91 Å². The first kappa shape index (κ1) is 21.2. The molecule has 2 heterocycles. The molecule has 4 rings (SSSR count). The van der Waals surface area contributed by atoms with Crippen molar-refractivity contribution in [3.05, 3.63) is 76.4 Å². The van der Waals surface area contributed by atoms with Crippen molar-refractivity contribution in [1.29, 1.82) is 0 Å². The minimum atomic E-state index is -0.210. The van der Waals surface area contributed by atoms with E-state index in [1.165, 1.54) is 23.3 Å². The molecule has 0 fully saturated rings. The Hall–Kier alpha value is -3.06. The van der Waals surface area contributed by atoms with Crippen LogP contribution in [0.15, 0.2) is 42.5 Å². The van der Waals surface area contributed by atoms with Crippen molar-refractivity contribution in [2.75, 3.05) is 13.1 Å².